The first-order valence-corrected chi connectivity index (χ1v) is 29.3. The van der Waals surface area contributed by atoms with Crippen LogP contribution in [0.4, 0.5) is 22.7 Å². The normalized spacial score (nSPS) is 12.6. The van der Waals surface area contributed by atoms with Gasteiger partial charge >= 0.3 is 0 Å². The lowest BCUT2D eigenvalue weighted by atomic mass is 9.89. The number of allylic oxidation sites excluding steroid dienone is 3. The summed E-state index contributed by atoms with van der Waals surface area (Å²) in [4.78, 5) is 4.53. The minimum absolute atomic E-state index is 0.806. The first kappa shape index (κ1) is 49.3. The van der Waals surface area contributed by atoms with Crippen molar-refractivity contribution in [3.8, 4) is 22.3 Å². The Morgan fingerprint density at radius 2 is 1.03 bits per heavy atom. The summed E-state index contributed by atoms with van der Waals surface area (Å²) in [6.07, 6.45) is 12.3. The van der Waals surface area contributed by atoms with Gasteiger partial charge in [-0.3, -0.25) is 0 Å². The van der Waals surface area contributed by atoms with Gasteiger partial charge in [0.05, 0.1) is 39.5 Å². The summed E-state index contributed by atoms with van der Waals surface area (Å²) < 4.78 is 17.7. The summed E-state index contributed by atoms with van der Waals surface area (Å²) in [7, 11) is 0. The van der Waals surface area contributed by atoms with Gasteiger partial charge in [-0.2, -0.15) is 0 Å². The van der Waals surface area contributed by atoms with E-state index >= 15 is 0 Å². The van der Waals surface area contributed by atoms with Gasteiger partial charge < -0.3 is 27.4 Å². The van der Waals surface area contributed by atoms with Crippen LogP contribution in [0.2, 0.25) is 0 Å². The number of furan rings is 2. The van der Waals surface area contributed by atoms with Crippen LogP contribution in [-0.2, 0) is 0 Å². The van der Waals surface area contributed by atoms with E-state index in [1.54, 1.807) is 0 Å². The Kier molecular flexibility index (Phi) is 11.0. The fourth-order valence-corrected chi connectivity index (χ4v) is 14.0. The number of hydrogen-bond donors (Lipinski definition) is 0. The zero-order chi connectivity index (χ0) is 57.3. The van der Waals surface area contributed by atoms with Crippen molar-refractivity contribution in [3.63, 3.8) is 0 Å². The topological polar surface area (TPSA) is 41.6 Å². The Morgan fingerprint density at radius 3 is 1.77 bits per heavy atom. The van der Waals surface area contributed by atoms with Gasteiger partial charge in [-0.1, -0.05) is 195 Å². The van der Waals surface area contributed by atoms with Crippen LogP contribution in [0.5, 0.6) is 0 Å². The third-order valence-electron chi connectivity index (χ3n) is 17.6. The van der Waals surface area contributed by atoms with E-state index in [0.29, 0.717) is 0 Å². The Morgan fingerprint density at radius 1 is 0.465 bits per heavy atom. The lowest BCUT2D eigenvalue weighted by Crippen LogP contribution is -2.26. The first-order valence-electron chi connectivity index (χ1n) is 29.3. The molecule has 17 rings (SSSR count). The molecule has 6 aromatic heterocycles. The average molecular weight is 1100 g/mol. The number of aromatic nitrogens is 2. The smallest absolute Gasteiger partial charge is 0.159 e. The molecule has 0 N–H and O–H groups in total. The molecule has 0 aliphatic carbocycles. The first-order chi connectivity index (χ1) is 42.4. The maximum atomic E-state index is 6.77. The SMILES string of the molecule is C=C(/C=c1\c(=C)n2c3c(-c4ccccc4)c4c5cccc6c7cc(N(c8cccc(C)c8)c8cccc9c8oc8ccccc89)ccc7n(c4c(-c4ccccc4)c3c3cccc1c32)c65)N(/C=C/C=C\c1coc2ccccc12)c1cccc(C)c1. The number of hydrogen-bond acceptors (Lipinski definition) is 4. The van der Waals surface area contributed by atoms with Crippen molar-refractivity contribution in [1.82, 2.24) is 8.80 Å². The maximum absolute atomic E-state index is 6.77. The minimum Gasteiger partial charge on any atom is -0.464 e. The molecule has 0 unspecified atom stereocenters. The van der Waals surface area contributed by atoms with E-state index in [2.05, 4.69) is 269 Å². The molecular formula is C80H54N4O2. The zero-order valence-corrected chi connectivity index (χ0v) is 47.4. The van der Waals surface area contributed by atoms with Crippen LogP contribution in [-0.4, -0.2) is 8.80 Å². The van der Waals surface area contributed by atoms with Gasteiger partial charge in [0.1, 0.15) is 11.2 Å². The number of fused-ring (bicyclic) bond motifs is 13. The summed E-state index contributed by atoms with van der Waals surface area (Å²) in [6, 6.07) is 83.0. The monoisotopic (exact) mass is 1100 g/mol. The lowest BCUT2D eigenvalue weighted by Gasteiger charge is -2.26. The Balaban J connectivity index is 0.920. The van der Waals surface area contributed by atoms with Crippen molar-refractivity contribution < 1.29 is 8.83 Å². The Bertz CT molecular complexity index is 5790. The number of rotatable bonds is 11. The van der Waals surface area contributed by atoms with Gasteiger partial charge in [0.15, 0.2) is 5.58 Å². The van der Waals surface area contributed by atoms with Gasteiger partial charge in [0, 0.05) is 110 Å². The van der Waals surface area contributed by atoms with Crippen molar-refractivity contribution in [1.29, 1.82) is 0 Å². The molecule has 0 amide bonds. The third kappa shape index (κ3) is 7.33. The van der Waals surface area contributed by atoms with Crippen molar-refractivity contribution >= 4 is 140 Å². The molecule has 0 radical (unpaired) electrons. The molecule has 0 aliphatic rings. The van der Waals surface area contributed by atoms with Crippen molar-refractivity contribution in [2.75, 3.05) is 9.80 Å². The molecule has 0 aliphatic heterocycles. The highest BCUT2D eigenvalue weighted by atomic mass is 16.3. The predicted octanol–water partition coefficient (Wildman–Crippen LogP) is 20.3. The van der Waals surface area contributed by atoms with Crippen molar-refractivity contribution in [2.45, 2.75) is 13.8 Å². The molecule has 0 atom stereocenters. The van der Waals surface area contributed by atoms with Gasteiger partial charge in [0.25, 0.3) is 0 Å². The molecule has 11 aromatic carbocycles. The number of para-hydroxylation sites is 5. The molecule has 6 heterocycles. The Hall–Kier alpha value is -11.3. The quantitative estimate of drug-likeness (QED) is 0.121. The highest BCUT2D eigenvalue weighted by Crippen LogP contribution is 2.53. The molecule has 0 bridgehead atoms. The van der Waals surface area contributed by atoms with Crippen LogP contribution in [0.15, 0.2) is 276 Å². The van der Waals surface area contributed by atoms with Crippen LogP contribution in [0, 0.1) is 13.8 Å². The van der Waals surface area contributed by atoms with E-state index in [4.69, 9.17) is 22.0 Å². The van der Waals surface area contributed by atoms with Crippen LogP contribution in [0.25, 0.3) is 139 Å². The zero-order valence-electron chi connectivity index (χ0n) is 47.4. The second-order valence-corrected chi connectivity index (χ2v) is 22.7. The third-order valence-corrected chi connectivity index (χ3v) is 17.6. The largest absolute Gasteiger partial charge is 0.464 e. The second-order valence-electron chi connectivity index (χ2n) is 22.7. The van der Waals surface area contributed by atoms with Crippen LogP contribution >= 0.6 is 0 Å². The highest BCUT2D eigenvalue weighted by molar-refractivity contribution is 6.36. The molecule has 0 saturated heterocycles. The van der Waals surface area contributed by atoms with Crippen LogP contribution < -0.4 is 20.4 Å². The maximum Gasteiger partial charge on any atom is 0.159 e. The molecule has 0 fully saturated rings. The van der Waals surface area contributed by atoms with Crippen LogP contribution in [0.3, 0.4) is 0 Å². The number of anilines is 4. The fourth-order valence-electron chi connectivity index (χ4n) is 14.0. The molecule has 0 saturated carbocycles. The molecule has 6 nitrogen and oxygen atoms in total. The fraction of sp³-hybridized carbons (Fsp3) is 0.0250. The summed E-state index contributed by atoms with van der Waals surface area (Å²) in [5.41, 5.74) is 21.3. The van der Waals surface area contributed by atoms with E-state index in [9.17, 15) is 0 Å². The lowest BCUT2D eigenvalue weighted by molar-refractivity contribution is 0.615. The highest BCUT2D eigenvalue weighted by Gasteiger charge is 2.31. The van der Waals surface area contributed by atoms with Crippen LogP contribution in [0.1, 0.15) is 16.7 Å². The summed E-state index contributed by atoms with van der Waals surface area (Å²) in [5.74, 6) is 0. The van der Waals surface area contributed by atoms with Crippen molar-refractivity contribution in [2.24, 2.45) is 0 Å². The van der Waals surface area contributed by atoms with Gasteiger partial charge in [-0.25, -0.2) is 0 Å². The van der Waals surface area contributed by atoms with Gasteiger partial charge in [0.2, 0.25) is 0 Å². The number of aryl methyl sites for hydroxylation is 2. The van der Waals surface area contributed by atoms with E-state index in [1.807, 2.05) is 30.5 Å². The van der Waals surface area contributed by atoms with Crippen molar-refractivity contribution in [3.05, 3.63) is 295 Å². The molecule has 406 valence electrons. The van der Waals surface area contributed by atoms with E-state index < -0.39 is 0 Å². The average Bonchev–Trinajstić information content (AvgIpc) is 1.51. The second kappa shape index (κ2) is 19.1. The molecule has 86 heavy (non-hydrogen) atoms. The Labute approximate surface area is 495 Å². The summed E-state index contributed by atoms with van der Waals surface area (Å²) in [6.45, 7) is 14.1. The number of benzene rings is 11. The summed E-state index contributed by atoms with van der Waals surface area (Å²) in [5, 5.41) is 13.4. The molecule has 17 aromatic rings. The van der Waals surface area contributed by atoms with Gasteiger partial charge in [-0.05, 0) is 109 Å². The molecular weight excluding hydrogens is 1050 g/mol. The standard InChI is InChI=1S/C80H54N4O2/c1-49-22-17-29-56(44-49)81(43-16-15-28-55-48-85-70-39-13-11-31-59(55)70)51(3)46-66-52(4)82-76-61(66)33-19-36-64(76)74-73(54-26-9-6-10-27-54)79-75(72(78(74)82)53-24-7-5-8-25-53)65-37-20-34-62-67-47-58(41-42-68(67)84(79)77(62)65)83(57-30-18-23-50(2)45-57)69-38-21-35-63-60-32-12-14-40-71(60)86-80(63)69/h5-48H,3-4H2,1-2H3/b28-15-,43-16+,66-46+. The molecule has 0 spiro atoms. The van der Waals surface area contributed by atoms with E-state index in [-0.39, 0.29) is 0 Å². The minimum atomic E-state index is 0.806. The molecule has 6 heteroatoms. The number of nitrogens with zero attached hydrogens (tertiary/aromatic N) is 4. The van der Waals surface area contributed by atoms with E-state index in [0.717, 1.165) is 116 Å². The van der Waals surface area contributed by atoms with Gasteiger partial charge in [-0.15, -0.1) is 0 Å². The predicted molar refractivity (Wildman–Crippen MR) is 362 cm³/mol. The van der Waals surface area contributed by atoms with E-state index in [1.165, 1.54) is 60.0 Å². The summed E-state index contributed by atoms with van der Waals surface area (Å²) >= 11 is 0.